The summed E-state index contributed by atoms with van der Waals surface area (Å²) in [5.41, 5.74) is 10.2. The summed E-state index contributed by atoms with van der Waals surface area (Å²) in [5, 5.41) is 10.9. The van der Waals surface area contributed by atoms with Gasteiger partial charge in [-0.2, -0.15) is 0 Å². The van der Waals surface area contributed by atoms with Gasteiger partial charge in [0, 0.05) is 35.6 Å². The van der Waals surface area contributed by atoms with Crippen molar-refractivity contribution >= 4 is 5.97 Å². The van der Waals surface area contributed by atoms with E-state index in [1.165, 1.54) is 5.57 Å². The number of carboxylic acids is 1. The average molecular weight is 616 g/mol. The summed E-state index contributed by atoms with van der Waals surface area (Å²) in [6, 6.07) is -0.0161. The first kappa shape index (κ1) is 32.9. The number of hydrazine groups is 1. The highest BCUT2D eigenvalue weighted by Crippen LogP contribution is 2.74. The fourth-order valence-electron chi connectivity index (χ4n) is 12.3. The number of ether oxygens (including phenoxy) is 3. The highest BCUT2D eigenvalue weighted by atomic mass is 16.5. The molecule has 6 aliphatic rings. The molecule has 0 spiro atoms. The van der Waals surface area contributed by atoms with Crippen LogP contribution in [0.4, 0.5) is 0 Å². The number of carboxylic acid groups (broad SMARTS) is 1. The van der Waals surface area contributed by atoms with Crippen LogP contribution in [0.15, 0.2) is 11.6 Å². The van der Waals surface area contributed by atoms with Gasteiger partial charge < -0.3 is 25.1 Å². The van der Waals surface area contributed by atoms with E-state index in [4.69, 9.17) is 25.8 Å². The summed E-state index contributed by atoms with van der Waals surface area (Å²) in [7, 11) is 0. The molecule has 2 aliphatic heterocycles. The average Bonchev–Trinajstić information content (AvgIpc) is 2.96. The number of hydrogen-bond donors (Lipinski definition) is 4. The van der Waals surface area contributed by atoms with E-state index in [9.17, 15) is 9.90 Å². The maximum atomic E-state index is 13.3. The molecule has 0 radical (unpaired) electrons. The lowest BCUT2D eigenvalue weighted by molar-refractivity contribution is -0.247. The van der Waals surface area contributed by atoms with Crippen molar-refractivity contribution in [1.29, 1.82) is 0 Å². The number of nitrogens with one attached hydrogen (secondary N) is 1. The van der Waals surface area contributed by atoms with Gasteiger partial charge in [-0.05, 0) is 91.3 Å². The predicted molar refractivity (Wildman–Crippen MR) is 171 cm³/mol. The van der Waals surface area contributed by atoms with Crippen LogP contribution in [-0.2, 0) is 19.0 Å². The monoisotopic (exact) mass is 615 g/mol. The molecule has 4 aliphatic carbocycles. The van der Waals surface area contributed by atoms with Crippen LogP contribution < -0.4 is 17.0 Å². The van der Waals surface area contributed by atoms with E-state index in [1.54, 1.807) is 0 Å². The van der Waals surface area contributed by atoms with Gasteiger partial charge in [-0.1, -0.05) is 60.1 Å². The zero-order chi connectivity index (χ0) is 31.9. The Morgan fingerprint density at radius 1 is 1.05 bits per heavy atom. The Hall–Kier alpha value is -1.03. The third-order valence-corrected chi connectivity index (χ3v) is 15.4. The van der Waals surface area contributed by atoms with Crippen LogP contribution in [0.5, 0.6) is 0 Å². The number of allylic oxidation sites excluding steroid dienone is 1. The van der Waals surface area contributed by atoms with Gasteiger partial charge >= 0.3 is 5.97 Å². The van der Waals surface area contributed by atoms with E-state index in [2.05, 4.69) is 60.0 Å². The summed E-state index contributed by atoms with van der Waals surface area (Å²) >= 11 is 0. The molecule has 0 aromatic carbocycles. The van der Waals surface area contributed by atoms with Crippen molar-refractivity contribution in [2.75, 3.05) is 33.0 Å². The molecular weight excluding hydrogens is 554 g/mol. The van der Waals surface area contributed by atoms with Gasteiger partial charge in [0.2, 0.25) is 0 Å². The predicted octanol–water partition coefficient (Wildman–Crippen LogP) is 5.30. The van der Waals surface area contributed by atoms with E-state index in [0.29, 0.717) is 56.7 Å². The standard InChI is InChI=1S/C36H61N3O5/c1-22(2)23(3)31(4)12-13-33(6)24-8-9-27-32(5)19-43-21-36(27,25(24)10-11-34(33,7)28(31)30(40)41)18-26(39-38)29(32)44-20-35(37)14-16-42-17-15-35/h10,22-24,26-29,39H,8-9,11-21,37-38H2,1-7H3,(H,40,41)/t23-,24+,26-,27+,28-,29+,31-,32?,33-,34+,36+/m1/s1. The molecule has 1 unspecified atom stereocenters. The first-order valence-electron chi connectivity index (χ1n) is 17.6. The Kier molecular flexibility index (Phi) is 8.24. The number of rotatable bonds is 7. The third-order valence-electron chi connectivity index (χ3n) is 15.4. The van der Waals surface area contributed by atoms with Crippen molar-refractivity contribution in [1.82, 2.24) is 5.43 Å². The van der Waals surface area contributed by atoms with Gasteiger partial charge in [-0.25, -0.2) is 0 Å². The molecule has 5 fully saturated rings. The fraction of sp³-hybridized carbons (Fsp3) is 0.917. The number of carbonyl (C=O) groups is 1. The molecule has 250 valence electrons. The van der Waals surface area contributed by atoms with Gasteiger partial charge in [0.25, 0.3) is 0 Å². The molecular formula is C36H61N3O5. The molecule has 2 saturated heterocycles. The van der Waals surface area contributed by atoms with Crippen LogP contribution in [0.2, 0.25) is 0 Å². The summed E-state index contributed by atoms with van der Waals surface area (Å²) in [4.78, 5) is 13.3. The molecule has 11 atom stereocenters. The number of nitrogens with two attached hydrogens (primary N) is 2. The van der Waals surface area contributed by atoms with Gasteiger partial charge in [-0.15, -0.1) is 0 Å². The Balaban J connectivity index is 1.36. The number of fused-ring (bicyclic) bond motifs is 3. The van der Waals surface area contributed by atoms with E-state index in [-0.39, 0.29) is 50.7 Å². The Morgan fingerprint density at radius 2 is 1.75 bits per heavy atom. The fourth-order valence-corrected chi connectivity index (χ4v) is 12.3. The minimum Gasteiger partial charge on any atom is -0.481 e. The van der Waals surface area contributed by atoms with Crippen LogP contribution in [0.25, 0.3) is 0 Å². The minimum absolute atomic E-state index is 0.0161. The SMILES string of the molecule is CC(C)[C@@H](C)[C@@]1(C)CC[C@]2(C)[C@H]3CC[C@H]4C5(C)COC[C@@]4(C[C@@H](NN)[C@@H]5OCC4(N)CCOCC4)C3=CC[C@@]2(C)[C@@H]1C(=O)O. The van der Waals surface area contributed by atoms with E-state index < -0.39 is 5.97 Å². The van der Waals surface area contributed by atoms with Crippen molar-refractivity contribution in [3.05, 3.63) is 11.6 Å². The van der Waals surface area contributed by atoms with Crippen molar-refractivity contribution in [3.63, 3.8) is 0 Å². The highest BCUT2D eigenvalue weighted by molar-refractivity contribution is 5.73. The van der Waals surface area contributed by atoms with Gasteiger partial charge in [0.1, 0.15) is 0 Å². The van der Waals surface area contributed by atoms with Crippen LogP contribution in [0.1, 0.15) is 99.8 Å². The third kappa shape index (κ3) is 4.47. The second-order valence-corrected chi connectivity index (χ2v) is 17.5. The lowest BCUT2D eigenvalue weighted by atomic mass is 9.34. The molecule has 0 aromatic rings. The quantitative estimate of drug-likeness (QED) is 0.173. The second-order valence-electron chi connectivity index (χ2n) is 17.5. The first-order valence-corrected chi connectivity index (χ1v) is 17.6. The molecule has 44 heavy (non-hydrogen) atoms. The number of hydrogen-bond acceptors (Lipinski definition) is 7. The van der Waals surface area contributed by atoms with Crippen LogP contribution in [0.3, 0.4) is 0 Å². The van der Waals surface area contributed by atoms with E-state index in [0.717, 1.165) is 51.4 Å². The molecule has 0 aromatic heterocycles. The number of aliphatic carboxylic acids is 1. The Labute approximate surface area is 265 Å². The Morgan fingerprint density at radius 3 is 2.39 bits per heavy atom. The minimum atomic E-state index is -0.613. The maximum Gasteiger partial charge on any atom is 0.307 e. The normalized spacial score (nSPS) is 48.9. The Bertz CT molecular complexity index is 1150. The van der Waals surface area contributed by atoms with Crippen LogP contribution in [-0.4, -0.2) is 61.8 Å². The van der Waals surface area contributed by atoms with Crippen molar-refractivity contribution in [3.8, 4) is 0 Å². The van der Waals surface area contributed by atoms with Crippen molar-refractivity contribution in [2.24, 2.45) is 68.2 Å². The molecule has 2 heterocycles. The summed E-state index contributed by atoms with van der Waals surface area (Å²) < 4.78 is 19.0. The lowest BCUT2D eigenvalue weighted by Crippen LogP contribution is -2.72. The summed E-state index contributed by atoms with van der Waals surface area (Å²) in [5.74, 6) is 6.90. The second kappa shape index (κ2) is 11.0. The molecule has 8 nitrogen and oxygen atoms in total. The summed E-state index contributed by atoms with van der Waals surface area (Å²) in [6.07, 6.45) is 9.90. The highest BCUT2D eigenvalue weighted by Gasteiger charge is 2.71. The van der Waals surface area contributed by atoms with Crippen LogP contribution >= 0.6 is 0 Å². The van der Waals surface area contributed by atoms with Gasteiger partial charge in [0.15, 0.2) is 0 Å². The molecule has 6 rings (SSSR count). The van der Waals surface area contributed by atoms with E-state index in [1.807, 2.05) is 0 Å². The molecule has 8 heteroatoms. The first-order chi connectivity index (χ1) is 20.6. The largest absolute Gasteiger partial charge is 0.481 e. The van der Waals surface area contributed by atoms with Crippen molar-refractivity contribution < 1.29 is 24.1 Å². The maximum absolute atomic E-state index is 13.3. The van der Waals surface area contributed by atoms with E-state index >= 15 is 0 Å². The van der Waals surface area contributed by atoms with Gasteiger partial charge in [-0.3, -0.25) is 16.1 Å². The summed E-state index contributed by atoms with van der Waals surface area (Å²) in [6.45, 7) is 19.4. The zero-order valence-electron chi connectivity index (χ0n) is 28.5. The van der Waals surface area contributed by atoms with Crippen molar-refractivity contribution in [2.45, 2.75) is 118 Å². The topological polar surface area (TPSA) is 129 Å². The zero-order valence-corrected chi connectivity index (χ0v) is 28.5. The molecule has 0 amide bonds. The smallest absolute Gasteiger partial charge is 0.307 e. The van der Waals surface area contributed by atoms with Gasteiger partial charge in [0.05, 0.1) is 31.8 Å². The molecule has 2 bridgehead atoms. The van der Waals surface area contributed by atoms with Crippen LogP contribution in [0, 0.1) is 56.7 Å². The molecule has 3 saturated carbocycles. The molecule has 6 N–H and O–H groups in total. The lowest BCUT2D eigenvalue weighted by Gasteiger charge is -2.71.